The van der Waals surface area contributed by atoms with E-state index in [4.69, 9.17) is 4.74 Å². The monoisotopic (exact) mass is 412 g/mol. The Hall–Kier alpha value is -2.04. The molecule has 2 aromatic carbocycles. The second-order valence-electron chi connectivity index (χ2n) is 8.50. The number of carbonyl (C=O) groups excluding carboxylic acids is 1. The summed E-state index contributed by atoms with van der Waals surface area (Å²) < 4.78 is 5.88. The smallest absolute Gasteiger partial charge is 0.226 e. The van der Waals surface area contributed by atoms with Crippen LogP contribution in [0.15, 0.2) is 54.6 Å². The maximum atomic E-state index is 13.0. The molecular formula is C24H29ClN2O2. The van der Waals surface area contributed by atoms with Gasteiger partial charge in [0.05, 0.1) is 0 Å². The first kappa shape index (κ1) is 20.2. The molecule has 1 aliphatic carbocycles. The molecule has 2 heterocycles. The van der Waals surface area contributed by atoms with Crippen LogP contribution in [0.25, 0.3) is 0 Å². The highest BCUT2D eigenvalue weighted by Gasteiger charge is 2.46. The summed E-state index contributed by atoms with van der Waals surface area (Å²) in [6.45, 7) is 2.39. The Balaban J connectivity index is 0.00000205. The van der Waals surface area contributed by atoms with Gasteiger partial charge in [-0.25, -0.2) is 0 Å². The first-order valence-electron chi connectivity index (χ1n) is 10.6. The zero-order valence-electron chi connectivity index (χ0n) is 16.6. The first-order chi connectivity index (χ1) is 13.8. The van der Waals surface area contributed by atoms with E-state index in [1.807, 2.05) is 30.3 Å². The Morgan fingerprint density at radius 2 is 1.76 bits per heavy atom. The molecule has 4 nitrogen and oxygen atoms in total. The van der Waals surface area contributed by atoms with E-state index in [0.717, 1.165) is 31.7 Å². The van der Waals surface area contributed by atoms with Crippen molar-refractivity contribution in [1.82, 2.24) is 10.2 Å². The maximum Gasteiger partial charge on any atom is 0.226 e. The summed E-state index contributed by atoms with van der Waals surface area (Å²) in [4.78, 5) is 15.1. The van der Waals surface area contributed by atoms with Crippen molar-refractivity contribution in [3.05, 3.63) is 65.7 Å². The second kappa shape index (κ2) is 8.76. The molecule has 3 aliphatic rings. The summed E-state index contributed by atoms with van der Waals surface area (Å²) >= 11 is 0. The van der Waals surface area contributed by atoms with Crippen molar-refractivity contribution in [3.8, 4) is 5.75 Å². The van der Waals surface area contributed by atoms with Gasteiger partial charge in [0, 0.05) is 31.1 Å². The molecule has 2 aromatic rings. The van der Waals surface area contributed by atoms with E-state index in [-0.39, 0.29) is 18.3 Å². The quantitative estimate of drug-likeness (QED) is 0.802. The fraction of sp³-hybridized carbons (Fsp3) is 0.458. The Labute approximate surface area is 179 Å². The predicted molar refractivity (Wildman–Crippen MR) is 116 cm³/mol. The highest BCUT2D eigenvalue weighted by Crippen LogP contribution is 2.49. The number of hydrogen-bond donors (Lipinski definition) is 1. The number of nitrogens with zero attached hydrogens (tertiary/aromatic N) is 1. The molecule has 2 bridgehead atoms. The van der Waals surface area contributed by atoms with Gasteiger partial charge in [-0.15, -0.1) is 12.4 Å². The lowest BCUT2D eigenvalue weighted by Gasteiger charge is -2.24. The van der Waals surface area contributed by atoms with E-state index in [1.54, 1.807) is 0 Å². The molecular weight excluding hydrogens is 384 g/mol. The molecule has 1 saturated carbocycles. The number of amides is 1. The van der Waals surface area contributed by atoms with Crippen LogP contribution < -0.4 is 10.1 Å². The second-order valence-corrected chi connectivity index (χ2v) is 8.50. The minimum absolute atomic E-state index is 0. The van der Waals surface area contributed by atoms with Gasteiger partial charge in [-0.2, -0.15) is 0 Å². The molecule has 4 atom stereocenters. The standard InChI is InChI=1S/C24H28N2O2.ClH/c27-24(26-13-12-19-8-9-20(15-26)25-19)23-14-22(23)18-6-10-21(11-7-18)28-16-17-4-2-1-3-5-17;/h1-7,10-11,19-20,22-23,25H,8-9,12-16H2;1H. The van der Waals surface area contributed by atoms with Crippen LogP contribution in [0.4, 0.5) is 0 Å². The Kier molecular flexibility index (Phi) is 6.12. The van der Waals surface area contributed by atoms with Gasteiger partial charge in [0.15, 0.2) is 0 Å². The summed E-state index contributed by atoms with van der Waals surface area (Å²) in [6, 6.07) is 19.7. The van der Waals surface area contributed by atoms with Gasteiger partial charge < -0.3 is 15.0 Å². The molecule has 0 aromatic heterocycles. The molecule has 1 N–H and O–H groups in total. The van der Waals surface area contributed by atoms with Crippen LogP contribution in [0.3, 0.4) is 0 Å². The van der Waals surface area contributed by atoms with Gasteiger partial charge in [0.1, 0.15) is 12.4 Å². The Morgan fingerprint density at radius 1 is 1.00 bits per heavy atom. The Morgan fingerprint density at radius 3 is 2.55 bits per heavy atom. The van der Waals surface area contributed by atoms with Crippen molar-refractivity contribution in [2.24, 2.45) is 5.92 Å². The number of benzene rings is 2. The van der Waals surface area contributed by atoms with Crippen LogP contribution in [0.2, 0.25) is 0 Å². The Bertz CT molecular complexity index is 827. The van der Waals surface area contributed by atoms with Gasteiger partial charge in [-0.05, 0) is 54.9 Å². The number of fused-ring (bicyclic) bond motifs is 2. The first-order valence-corrected chi connectivity index (χ1v) is 10.6. The van der Waals surface area contributed by atoms with E-state index in [0.29, 0.717) is 30.5 Å². The number of hydrogen-bond acceptors (Lipinski definition) is 3. The zero-order valence-corrected chi connectivity index (χ0v) is 17.4. The highest BCUT2D eigenvalue weighted by atomic mass is 35.5. The van der Waals surface area contributed by atoms with Crippen molar-refractivity contribution in [2.75, 3.05) is 13.1 Å². The summed E-state index contributed by atoms with van der Waals surface area (Å²) in [6.07, 6.45) is 4.58. The molecule has 0 radical (unpaired) electrons. The largest absolute Gasteiger partial charge is 0.489 e. The summed E-state index contributed by atoms with van der Waals surface area (Å²) in [5.74, 6) is 1.80. The summed E-state index contributed by atoms with van der Waals surface area (Å²) in [5, 5.41) is 3.66. The average molecular weight is 413 g/mol. The van der Waals surface area contributed by atoms with Gasteiger partial charge in [0.2, 0.25) is 5.91 Å². The number of nitrogens with one attached hydrogen (secondary N) is 1. The minimum atomic E-state index is 0. The van der Waals surface area contributed by atoms with Crippen LogP contribution in [0.1, 0.15) is 42.7 Å². The third-order valence-electron chi connectivity index (χ3n) is 6.50. The zero-order chi connectivity index (χ0) is 18.9. The number of ether oxygens (including phenoxy) is 1. The van der Waals surface area contributed by atoms with Crippen LogP contribution in [-0.2, 0) is 11.4 Å². The number of halogens is 1. The molecule has 5 rings (SSSR count). The van der Waals surface area contributed by atoms with E-state index in [9.17, 15) is 4.79 Å². The number of rotatable bonds is 5. The van der Waals surface area contributed by atoms with Gasteiger partial charge >= 0.3 is 0 Å². The van der Waals surface area contributed by atoms with E-state index in [1.165, 1.54) is 24.0 Å². The SMILES string of the molecule is Cl.O=C(C1CC1c1ccc(OCc2ccccc2)cc1)N1CCC2CCC(C1)N2. The summed E-state index contributed by atoms with van der Waals surface area (Å²) in [7, 11) is 0. The van der Waals surface area contributed by atoms with E-state index >= 15 is 0 Å². The lowest BCUT2D eigenvalue weighted by Crippen LogP contribution is -2.40. The minimum Gasteiger partial charge on any atom is -0.489 e. The third-order valence-corrected chi connectivity index (χ3v) is 6.50. The maximum absolute atomic E-state index is 13.0. The van der Waals surface area contributed by atoms with Gasteiger partial charge in [-0.1, -0.05) is 42.5 Å². The number of likely N-dealkylation sites (tertiary alicyclic amines) is 1. The molecule has 4 unspecified atom stereocenters. The number of carbonyl (C=O) groups is 1. The lowest BCUT2D eigenvalue weighted by atomic mass is 10.1. The van der Waals surface area contributed by atoms with Crippen LogP contribution >= 0.6 is 12.4 Å². The summed E-state index contributed by atoms with van der Waals surface area (Å²) in [5.41, 5.74) is 2.43. The molecule has 29 heavy (non-hydrogen) atoms. The van der Waals surface area contributed by atoms with Gasteiger partial charge in [0.25, 0.3) is 0 Å². The molecule has 1 amide bonds. The molecule has 0 spiro atoms. The molecule has 2 aliphatic heterocycles. The van der Waals surface area contributed by atoms with Crippen molar-refractivity contribution >= 4 is 18.3 Å². The van der Waals surface area contributed by atoms with Crippen molar-refractivity contribution < 1.29 is 9.53 Å². The average Bonchev–Trinajstić information content (AvgIpc) is 3.45. The van der Waals surface area contributed by atoms with Gasteiger partial charge in [-0.3, -0.25) is 4.79 Å². The van der Waals surface area contributed by atoms with Crippen molar-refractivity contribution in [3.63, 3.8) is 0 Å². The molecule has 3 fully saturated rings. The molecule has 154 valence electrons. The topological polar surface area (TPSA) is 41.6 Å². The van der Waals surface area contributed by atoms with Crippen LogP contribution in [0, 0.1) is 5.92 Å². The van der Waals surface area contributed by atoms with E-state index in [2.05, 4.69) is 34.5 Å². The fourth-order valence-corrected chi connectivity index (χ4v) is 4.77. The predicted octanol–water partition coefficient (Wildman–Crippen LogP) is 4.14. The van der Waals surface area contributed by atoms with Crippen molar-refractivity contribution in [2.45, 2.75) is 50.3 Å². The third kappa shape index (κ3) is 4.59. The fourth-order valence-electron chi connectivity index (χ4n) is 4.77. The van der Waals surface area contributed by atoms with E-state index < -0.39 is 0 Å². The van der Waals surface area contributed by atoms with Crippen molar-refractivity contribution in [1.29, 1.82) is 0 Å². The molecule has 5 heteroatoms. The van der Waals surface area contributed by atoms with Crippen LogP contribution in [0.5, 0.6) is 5.75 Å². The molecule has 2 saturated heterocycles. The normalized spacial score (nSPS) is 27.7. The van der Waals surface area contributed by atoms with Crippen LogP contribution in [-0.4, -0.2) is 36.0 Å². The lowest BCUT2D eigenvalue weighted by molar-refractivity contribution is -0.132. The highest BCUT2D eigenvalue weighted by molar-refractivity contribution is 5.85.